The molecule has 4 nitrogen and oxygen atoms in total. The monoisotopic (exact) mass is 341 g/mol. The molecule has 0 amide bonds. The Morgan fingerprint density at radius 1 is 1.17 bits per heavy atom. The van der Waals surface area contributed by atoms with Gasteiger partial charge in [0.05, 0.1) is 5.97 Å². The van der Waals surface area contributed by atoms with E-state index in [0.717, 1.165) is 30.8 Å². The zero-order chi connectivity index (χ0) is 15.9. The largest absolute Gasteiger partial charge is 1.00 e. The Hall–Kier alpha value is -1.20. The van der Waals surface area contributed by atoms with Crippen LogP contribution in [0.25, 0.3) is 0 Å². The Kier molecular flexibility index (Phi) is 8.48. The van der Waals surface area contributed by atoms with Gasteiger partial charge in [0.1, 0.15) is 5.75 Å². The number of halogens is 1. The number of aromatic hydroxyl groups is 1. The summed E-state index contributed by atoms with van der Waals surface area (Å²) >= 11 is 5.93. The third-order valence-electron chi connectivity index (χ3n) is 3.33. The van der Waals surface area contributed by atoms with Crippen molar-refractivity contribution in [1.29, 1.82) is 0 Å². The Morgan fingerprint density at radius 3 is 2.65 bits per heavy atom. The van der Waals surface area contributed by atoms with Gasteiger partial charge in [-0.25, -0.2) is 0 Å². The van der Waals surface area contributed by atoms with E-state index in [-0.39, 0.29) is 40.9 Å². The van der Waals surface area contributed by atoms with Gasteiger partial charge >= 0.3 is 29.6 Å². The normalized spacial score (nSPS) is 9.96. The van der Waals surface area contributed by atoms with Crippen LogP contribution < -0.4 is 40.0 Å². The van der Waals surface area contributed by atoms with E-state index in [0.29, 0.717) is 5.69 Å². The number of aryl methyl sites for hydroxylation is 1. The molecule has 0 fully saturated rings. The van der Waals surface area contributed by atoms with Gasteiger partial charge in [0.2, 0.25) is 0 Å². The summed E-state index contributed by atoms with van der Waals surface area (Å²) < 4.78 is 0. The molecule has 2 N–H and O–H groups in total. The molecule has 0 aliphatic heterocycles. The van der Waals surface area contributed by atoms with Gasteiger partial charge in [0.15, 0.2) is 0 Å². The molecule has 0 saturated heterocycles. The van der Waals surface area contributed by atoms with Crippen LogP contribution in [0.2, 0.25) is 5.02 Å². The van der Waals surface area contributed by atoms with Crippen molar-refractivity contribution in [2.75, 3.05) is 11.9 Å². The van der Waals surface area contributed by atoms with Crippen molar-refractivity contribution in [1.82, 2.24) is 0 Å². The van der Waals surface area contributed by atoms with Crippen molar-refractivity contribution >= 4 is 23.3 Å². The summed E-state index contributed by atoms with van der Waals surface area (Å²) in [6.07, 6.45) is 2.88. The second-order valence-electron chi connectivity index (χ2n) is 5.03. The van der Waals surface area contributed by atoms with Crippen LogP contribution >= 0.6 is 11.6 Å². The van der Waals surface area contributed by atoms with Crippen LogP contribution in [0, 0.1) is 0 Å². The predicted molar refractivity (Wildman–Crippen MR) is 85.3 cm³/mol. The zero-order valence-electron chi connectivity index (χ0n) is 13.0. The second-order valence-corrected chi connectivity index (χ2v) is 5.47. The molecule has 0 aliphatic carbocycles. The van der Waals surface area contributed by atoms with Gasteiger partial charge in [-0.1, -0.05) is 23.7 Å². The molecule has 0 unspecified atom stereocenters. The smallest absolute Gasteiger partial charge is 0.545 e. The summed E-state index contributed by atoms with van der Waals surface area (Å²) in [6.45, 7) is 0.720. The molecule has 0 saturated carbocycles. The van der Waals surface area contributed by atoms with Crippen LogP contribution in [0.4, 0.5) is 5.69 Å². The van der Waals surface area contributed by atoms with E-state index in [4.69, 9.17) is 11.6 Å². The summed E-state index contributed by atoms with van der Waals surface area (Å²) in [7, 11) is 0. The number of nitrogens with one attached hydrogen (secondary N) is 1. The minimum Gasteiger partial charge on any atom is -0.545 e. The molecule has 2 aromatic carbocycles. The first-order chi connectivity index (χ1) is 10.6. The number of anilines is 1. The maximum Gasteiger partial charge on any atom is 1.00 e. The molecule has 0 heterocycles. The molecule has 0 atom stereocenters. The maximum absolute atomic E-state index is 10.8. The molecule has 0 spiro atoms. The molecule has 0 radical (unpaired) electrons. The molecule has 23 heavy (non-hydrogen) atoms. The number of hydrogen-bond acceptors (Lipinski definition) is 4. The third kappa shape index (κ3) is 6.43. The van der Waals surface area contributed by atoms with E-state index < -0.39 is 5.97 Å². The maximum atomic E-state index is 10.8. The number of phenols is 1. The Bertz CT molecular complexity index is 664. The Balaban J connectivity index is 0.00000264. The molecular weight excluding hydrogens is 325 g/mol. The Labute approximate surface area is 162 Å². The molecule has 6 heteroatoms. The molecule has 2 rings (SSSR count). The predicted octanol–water partition coefficient (Wildman–Crippen LogP) is -0.152. The number of carbonyl (C=O) groups is 1. The molecule has 2 aromatic rings. The fourth-order valence-electron chi connectivity index (χ4n) is 2.19. The van der Waals surface area contributed by atoms with Crippen molar-refractivity contribution in [2.24, 2.45) is 0 Å². The van der Waals surface area contributed by atoms with Gasteiger partial charge in [0, 0.05) is 22.8 Å². The fraction of sp³-hybridized carbons (Fsp3) is 0.235. The van der Waals surface area contributed by atoms with Gasteiger partial charge in [-0.2, -0.15) is 0 Å². The number of carboxylic acids is 1. The zero-order valence-corrected chi connectivity index (χ0v) is 15.8. The van der Waals surface area contributed by atoms with Crippen molar-refractivity contribution in [3.8, 4) is 5.75 Å². The number of benzene rings is 2. The van der Waals surface area contributed by atoms with Crippen molar-refractivity contribution in [3.05, 3.63) is 58.6 Å². The summed E-state index contributed by atoms with van der Waals surface area (Å²) in [5.41, 5.74) is 1.65. The Morgan fingerprint density at radius 2 is 1.96 bits per heavy atom. The molecule has 116 valence electrons. The first-order valence-electron chi connectivity index (χ1n) is 7.09. The molecule has 0 bridgehead atoms. The number of carboxylic acid groups (broad SMARTS) is 1. The number of rotatable bonds is 7. The number of hydrogen-bond donors (Lipinski definition) is 2. The topological polar surface area (TPSA) is 72.4 Å². The quantitative estimate of drug-likeness (QED) is 0.417. The van der Waals surface area contributed by atoms with Gasteiger partial charge in [-0.15, -0.1) is 0 Å². The summed E-state index contributed by atoms with van der Waals surface area (Å²) in [5, 5.41) is 24.1. The SMILES string of the molecule is O=C([O-])c1cc(NCCCCc2cccc(Cl)c2)ccc1O.[Na+]. The van der Waals surface area contributed by atoms with E-state index in [1.807, 2.05) is 24.3 Å². The van der Waals surface area contributed by atoms with E-state index in [9.17, 15) is 15.0 Å². The fourth-order valence-corrected chi connectivity index (χ4v) is 2.40. The average molecular weight is 342 g/mol. The standard InChI is InChI=1S/C17H18ClNO3.Na/c18-13-6-3-5-12(10-13)4-1-2-9-19-14-7-8-16(20)15(11-14)17(21)22;/h3,5-8,10-11,19-20H,1-2,4,9H2,(H,21,22);/q;+1/p-1. The minimum absolute atomic E-state index is 0. The van der Waals surface area contributed by atoms with E-state index in [1.54, 1.807) is 6.07 Å². The van der Waals surface area contributed by atoms with Crippen LogP contribution in [0.1, 0.15) is 28.8 Å². The molecular formula is C17H17ClNNaO3. The molecule has 0 aromatic heterocycles. The van der Waals surface area contributed by atoms with E-state index in [1.165, 1.54) is 17.7 Å². The van der Waals surface area contributed by atoms with Crippen LogP contribution in [0.15, 0.2) is 42.5 Å². The van der Waals surface area contributed by atoms with Crippen LogP contribution in [0.5, 0.6) is 5.75 Å². The average Bonchev–Trinajstić information content (AvgIpc) is 2.48. The number of aromatic carboxylic acids is 1. The van der Waals surface area contributed by atoms with Crippen LogP contribution in [-0.2, 0) is 6.42 Å². The van der Waals surface area contributed by atoms with Gasteiger partial charge in [-0.3, -0.25) is 0 Å². The van der Waals surface area contributed by atoms with Crippen molar-refractivity contribution < 1.29 is 44.6 Å². The second kappa shape index (κ2) is 9.83. The summed E-state index contributed by atoms with van der Waals surface area (Å²) in [6, 6.07) is 12.2. The van der Waals surface area contributed by atoms with Gasteiger partial charge in [0.25, 0.3) is 0 Å². The number of carbonyl (C=O) groups excluding carboxylic acids is 1. The van der Waals surface area contributed by atoms with Gasteiger partial charge in [-0.05, 0) is 55.2 Å². The summed E-state index contributed by atoms with van der Waals surface area (Å²) in [5.74, 6) is -1.67. The van der Waals surface area contributed by atoms with Gasteiger partial charge < -0.3 is 20.3 Å². The van der Waals surface area contributed by atoms with E-state index in [2.05, 4.69) is 5.32 Å². The first kappa shape index (κ1) is 19.8. The van der Waals surface area contributed by atoms with Crippen LogP contribution in [-0.4, -0.2) is 17.6 Å². The van der Waals surface area contributed by atoms with Crippen LogP contribution in [0.3, 0.4) is 0 Å². The van der Waals surface area contributed by atoms with Crippen molar-refractivity contribution in [2.45, 2.75) is 19.3 Å². The van der Waals surface area contributed by atoms with E-state index >= 15 is 0 Å². The number of unbranched alkanes of at least 4 members (excludes halogenated alkanes) is 1. The third-order valence-corrected chi connectivity index (χ3v) is 3.56. The minimum atomic E-state index is -1.39. The molecule has 0 aliphatic rings. The van der Waals surface area contributed by atoms with Crippen molar-refractivity contribution in [3.63, 3.8) is 0 Å². The first-order valence-corrected chi connectivity index (χ1v) is 7.47. The summed E-state index contributed by atoms with van der Waals surface area (Å²) in [4.78, 5) is 10.8.